The molecule has 2 heterocycles. The molecular formula is C15H20N2O3S. The Balaban J connectivity index is 1.75. The number of anilines is 1. The molecule has 1 atom stereocenters. The van der Waals surface area contributed by atoms with E-state index in [1.54, 1.807) is 4.90 Å². The normalized spacial score (nSPS) is 24.4. The third kappa shape index (κ3) is 3.27. The SMILES string of the molecule is O=C(CC1CCS(=O)(=O)C1)N1CCNCc2ccccc21. The first-order valence-corrected chi connectivity index (χ1v) is 9.17. The fourth-order valence-corrected chi connectivity index (χ4v) is 4.97. The molecule has 1 fully saturated rings. The van der Waals surface area contributed by atoms with Gasteiger partial charge in [-0.3, -0.25) is 4.79 Å². The second kappa shape index (κ2) is 5.77. The molecule has 1 unspecified atom stereocenters. The number of nitrogens with zero attached hydrogens (tertiary/aromatic N) is 1. The minimum atomic E-state index is -2.92. The number of nitrogens with one attached hydrogen (secondary N) is 1. The van der Waals surface area contributed by atoms with Crippen molar-refractivity contribution in [2.24, 2.45) is 5.92 Å². The molecule has 2 aliphatic rings. The van der Waals surface area contributed by atoms with Crippen LogP contribution in [0.5, 0.6) is 0 Å². The van der Waals surface area contributed by atoms with Gasteiger partial charge in [0.2, 0.25) is 5.91 Å². The Morgan fingerprint density at radius 3 is 2.90 bits per heavy atom. The zero-order valence-corrected chi connectivity index (χ0v) is 12.7. The highest BCUT2D eigenvalue weighted by molar-refractivity contribution is 7.91. The number of carbonyl (C=O) groups is 1. The summed E-state index contributed by atoms with van der Waals surface area (Å²) < 4.78 is 23.0. The number of hydrogen-bond acceptors (Lipinski definition) is 4. The Morgan fingerprint density at radius 1 is 1.33 bits per heavy atom. The van der Waals surface area contributed by atoms with Gasteiger partial charge in [0.15, 0.2) is 9.84 Å². The lowest BCUT2D eigenvalue weighted by atomic mass is 10.0. The summed E-state index contributed by atoms with van der Waals surface area (Å²) in [5.41, 5.74) is 2.07. The fourth-order valence-electron chi connectivity index (χ4n) is 3.11. The first-order valence-electron chi connectivity index (χ1n) is 7.34. The van der Waals surface area contributed by atoms with Crippen LogP contribution in [0.3, 0.4) is 0 Å². The van der Waals surface area contributed by atoms with Crippen LogP contribution in [-0.2, 0) is 21.2 Å². The molecule has 0 aliphatic carbocycles. The number of para-hydroxylation sites is 1. The number of benzene rings is 1. The van der Waals surface area contributed by atoms with Crippen molar-refractivity contribution in [1.29, 1.82) is 0 Å². The molecule has 5 nitrogen and oxygen atoms in total. The van der Waals surface area contributed by atoms with Gasteiger partial charge in [-0.15, -0.1) is 0 Å². The molecule has 0 saturated carbocycles. The van der Waals surface area contributed by atoms with Gasteiger partial charge >= 0.3 is 0 Å². The van der Waals surface area contributed by atoms with Crippen molar-refractivity contribution < 1.29 is 13.2 Å². The van der Waals surface area contributed by atoms with E-state index < -0.39 is 9.84 Å². The monoisotopic (exact) mass is 308 g/mol. The lowest BCUT2D eigenvalue weighted by molar-refractivity contribution is -0.119. The zero-order chi connectivity index (χ0) is 14.9. The molecule has 21 heavy (non-hydrogen) atoms. The van der Waals surface area contributed by atoms with Crippen molar-refractivity contribution in [3.8, 4) is 0 Å². The highest BCUT2D eigenvalue weighted by Gasteiger charge is 2.31. The van der Waals surface area contributed by atoms with E-state index in [4.69, 9.17) is 0 Å². The third-order valence-corrected chi connectivity index (χ3v) is 6.04. The van der Waals surface area contributed by atoms with Crippen LogP contribution in [0.2, 0.25) is 0 Å². The van der Waals surface area contributed by atoms with Gasteiger partial charge < -0.3 is 10.2 Å². The summed E-state index contributed by atoms with van der Waals surface area (Å²) in [6.07, 6.45) is 0.940. The third-order valence-electron chi connectivity index (χ3n) is 4.20. The summed E-state index contributed by atoms with van der Waals surface area (Å²) in [4.78, 5) is 14.4. The van der Waals surface area contributed by atoms with Gasteiger partial charge in [0.1, 0.15) is 0 Å². The molecule has 1 N–H and O–H groups in total. The van der Waals surface area contributed by atoms with Crippen LogP contribution >= 0.6 is 0 Å². The van der Waals surface area contributed by atoms with Crippen molar-refractivity contribution in [3.05, 3.63) is 29.8 Å². The summed E-state index contributed by atoms with van der Waals surface area (Å²) in [6.45, 7) is 2.15. The van der Waals surface area contributed by atoms with Crippen molar-refractivity contribution in [1.82, 2.24) is 5.32 Å². The van der Waals surface area contributed by atoms with Gasteiger partial charge in [0.05, 0.1) is 11.5 Å². The zero-order valence-electron chi connectivity index (χ0n) is 11.9. The van der Waals surface area contributed by atoms with E-state index in [1.807, 2.05) is 24.3 Å². The van der Waals surface area contributed by atoms with E-state index in [0.29, 0.717) is 19.4 Å². The molecular weight excluding hydrogens is 288 g/mol. The van der Waals surface area contributed by atoms with Crippen molar-refractivity contribution in [3.63, 3.8) is 0 Å². The van der Waals surface area contributed by atoms with Gasteiger partial charge in [-0.2, -0.15) is 0 Å². The number of carbonyl (C=O) groups excluding carboxylic acids is 1. The lowest BCUT2D eigenvalue weighted by Crippen LogP contribution is -2.35. The Morgan fingerprint density at radius 2 is 2.14 bits per heavy atom. The van der Waals surface area contributed by atoms with Crippen LogP contribution in [0.4, 0.5) is 5.69 Å². The molecule has 1 aromatic carbocycles. The second-order valence-electron chi connectivity index (χ2n) is 5.82. The van der Waals surface area contributed by atoms with E-state index in [1.165, 1.54) is 0 Å². The molecule has 1 amide bonds. The van der Waals surface area contributed by atoms with Crippen LogP contribution in [-0.4, -0.2) is 38.9 Å². The standard InChI is InChI=1S/C15H20N2O3S/c18-15(9-12-5-8-21(19,20)11-12)17-7-6-16-10-13-3-1-2-4-14(13)17/h1-4,12,16H,5-11H2. The molecule has 0 radical (unpaired) electrons. The smallest absolute Gasteiger partial charge is 0.227 e. The highest BCUT2D eigenvalue weighted by atomic mass is 32.2. The van der Waals surface area contributed by atoms with Crippen molar-refractivity contribution >= 4 is 21.4 Å². The minimum Gasteiger partial charge on any atom is -0.311 e. The number of rotatable bonds is 2. The molecule has 0 spiro atoms. The molecule has 114 valence electrons. The maximum Gasteiger partial charge on any atom is 0.227 e. The predicted octanol–water partition coefficient (Wildman–Crippen LogP) is 0.948. The Hall–Kier alpha value is -1.40. The van der Waals surface area contributed by atoms with E-state index >= 15 is 0 Å². The van der Waals surface area contributed by atoms with Gasteiger partial charge in [0.25, 0.3) is 0 Å². The van der Waals surface area contributed by atoms with Gasteiger partial charge in [-0.25, -0.2) is 8.42 Å². The van der Waals surface area contributed by atoms with E-state index in [-0.39, 0.29) is 23.3 Å². The summed E-state index contributed by atoms with van der Waals surface area (Å²) in [6, 6.07) is 7.89. The molecule has 0 aromatic heterocycles. The summed E-state index contributed by atoms with van der Waals surface area (Å²) >= 11 is 0. The van der Waals surface area contributed by atoms with Crippen LogP contribution < -0.4 is 10.2 Å². The maximum absolute atomic E-state index is 12.6. The number of fused-ring (bicyclic) bond motifs is 1. The van der Waals surface area contributed by atoms with Gasteiger partial charge in [-0.05, 0) is 24.0 Å². The van der Waals surface area contributed by atoms with Crippen molar-refractivity contribution in [2.45, 2.75) is 19.4 Å². The Kier molecular flexibility index (Phi) is 3.99. The minimum absolute atomic E-state index is 0.0223. The highest BCUT2D eigenvalue weighted by Crippen LogP contribution is 2.26. The average molecular weight is 308 g/mol. The average Bonchev–Trinajstić information content (AvgIpc) is 2.68. The van der Waals surface area contributed by atoms with Crippen LogP contribution in [0, 0.1) is 5.92 Å². The largest absolute Gasteiger partial charge is 0.311 e. The number of amides is 1. The van der Waals surface area contributed by atoms with E-state index in [9.17, 15) is 13.2 Å². The first-order chi connectivity index (χ1) is 10.1. The van der Waals surface area contributed by atoms with E-state index in [0.717, 1.165) is 24.3 Å². The molecule has 0 bridgehead atoms. The van der Waals surface area contributed by atoms with Crippen LogP contribution in [0.15, 0.2) is 24.3 Å². The van der Waals surface area contributed by atoms with Crippen LogP contribution in [0.25, 0.3) is 0 Å². The maximum atomic E-state index is 12.6. The Bertz CT molecular complexity index is 642. The predicted molar refractivity (Wildman–Crippen MR) is 81.9 cm³/mol. The van der Waals surface area contributed by atoms with Gasteiger partial charge in [0, 0.05) is 31.7 Å². The second-order valence-corrected chi connectivity index (χ2v) is 8.05. The van der Waals surface area contributed by atoms with Crippen LogP contribution in [0.1, 0.15) is 18.4 Å². The lowest BCUT2D eigenvalue weighted by Gasteiger charge is -2.23. The molecule has 1 saturated heterocycles. The molecule has 2 aliphatic heterocycles. The fraction of sp³-hybridized carbons (Fsp3) is 0.533. The van der Waals surface area contributed by atoms with Crippen molar-refractivity contribution in [2.75, 3.05) is 29.5 Å². The number of sulfone groups is 1. The summed E-state index contributed by atoms with van der Waals surface area (Å²) in [5.74, 6) is 0.398. The summed E-state index contributed by atoms with van der Waals surface area (Å²) in [7, 11) is -2.92. The Labute approximate surface area is 125 Å². The topological polar surface area (TPSA) is 66.5 Å². The molecule has 6 heteroatoms. The molecule has 1 aromatic rings. The number of hydrogen-bond donors (Lipinski definition) is 1. The summed E-state index contributed by atoms with van der Waals surface area (Å²) in [5, 5.41) is 3.31. The van der Waals surface area contributed by atoms with Gasteiger partial charge in [-0.1, -0.05) is 18.2 Å². The quantitative estimate of drug-likeness (QED) is 0.883. The first kappa shape index (κ1) is 14.5. The van der Waals surface area contributed by atoms with E-state index in [2.05, 4.69) is 5.32 Å². The molecule has 3 rings (SSSR count).